The van der Waals surface area contributed by atoms with Crippen molar-refractivity contribution in [1.29, 1.82) is 0 Å². The summed E-state index contributed by atoms with van der Waals surface area (Å²) in [5, 5.41) is 6.96. The van der Waals surface area contributed by atoms with E-state index in [-0.39, 0.29) is 0 Å². The van der Waals surface area contributed by atoms with Crippen molar-refractivity contribution in [3.8, 4) is 11.4 Å². The molecule has 0 atom stereocenters. The molecule has 2 aromatic heterocycles. The summed E-state index contributed by atoms with van der Waals surface area (Å²) < 4.78 is 0. The fourth-order valence-electron chi connectivity index (χ4n) is 3.40. The predicted molar refractivity (Wildman–Crippen MR) is 110 cm³/mol. The van der Waals surface area contributed by atoms with Crippen molar-refractivity contribution < 1.29 is 0 Å². The molecule has 1 aliphatic rings. The average molecular weight is 359 g/mol. The number of aromatic nitrogens is 3. The van der Waals surface area contributed by atoms with Gasteiger partial charge in [-0.1, -0.05) is 19.1 Å². The average Bonchev–Trinajstić information content (AvgIpc) is 3.21. The van der Waals surface area contributed by atoms with E-state index in [2.05, 4.69) is 46.8 Å². The van der Waals surface area contributed by atoms with Gasteiger partial charge in [-0.05, 0) is 55.5 Å². The van der Waals surface area contributed by atoms with E-state index in [0.29, 0.717) is 0 Å². The minimum Gasteiger partial charge on any atom is -0.385 e. The van der Waals surface area contributed by atoms with Gasteiger partial charge in [0.15, 0.2) is 5.82 Å². The molecular formula is C22H25N5. The number of aryl methyl sites for hydroxylation is 1. The van der Waals surface area contributed by atoms with Gasteiger partial charge in [-0.2, -0.15) is 0 Å². The Morgan fingerprint density at radius 2 is 1.74 bits per heavy atom. The first kappa shape index (κ1) is 17.5. The van der Waals surface area contributed by atoms with E-state index in [1.54, 1.807) is 12.4 Å². The molecular weight excluding hydrogens is 334 g/mol. The number of hydrogen-bond acceptors (Lipinski definition) is 5. The molecule has 0 saturated heterocycles. The summed E-state index contributed by atoms with van der Waals surface area (Å²) in [4.78, 5) is 13.7. The third-order valence-corrected chi connectivity index (χ3v) is 4.86. The normalized spacial score (nSPS) is 12.6. The second-order valence-corrected chi connectivity index (χ2v) is 6.89. The molecule has 138 valence electrons. The quantitative estimate of drug-likeness (QED) is 0.652. The van der Waals surface area contributed by atoms with Crippen LogP contribution in [-0.4, -0.2) is 21.5 Å². The highest BCUT2D eigenvalue weighted by Gasteiger charge is 2.19. The van der Waals surface area contributed by atoms with Crippen LogP contribution in [0, 0.1) is 0 Å². The third kappa shape index (κ3) is 4.08. The Bertz CT molecular complexity index is 891. The fourth-order valence-corrected chi connectivity index (χ4v) is 3.40. The summed E-state index contributed by atoms with van der Waals surface area (Å²) in [5.74, 6) is 1.75. The second-order valence-electron chi connectivity index (χ2n) is 6.89. The Balaban J connectivity index is 1.52. The molecule has 4 rings (SSSR count). The Kier molecular flexibility index (Phi) is 5.28. The zero-order chi connectivity index (χ0) is 18.5. The fraction of sp³-hybridized carbons (Fsp3) is 0.318. The van der Waals surface area contributed by atoms with Crippen molar-refractivity contribution in [1.82, 2.24) is 15.0 Å². The van der Waals surface area contributed by atoms with Crippen molar-refractivity contribution in [2.24, 2.45) is 0 Å². The number of rotatable bonds is 7. The van der Waals surface area contributed by atoms with Crippen LogP contribution in [-0.2, 0) is 19.4 Å². The largest absolute Gasteiger partial charge is 0.385 e. The highest BCUT2D eigenvalue weighted by Crippen LogP contribution is 2.29. The summed E-state index contributed by atoms with van der Waals surface area (Å²) >= 11 is 0. The lowest BCUT2D eigenvalue weighted by atomic mass is 10.1. The summed E-state index contributed by atoms with van der Waals surface area (Å²) in [7, 11) is 0. The highest BCUT2D eigenvalue weighted by molar-refractivity contribution is 5.60. The Morgan fingerprint density at radius 3 is 2.52 bits per heavy atom. The van der Waals surface area contributed by atoms with Crippen LogP contribution in [0.2, 0.25) is 0 Å². The molecule has 0 saturated carbocycles. The zero-order valence-corrected chi connectivity index (χ0v) is 15.7. The molecule has 0 radical (unpaired) electrons. The van der Waals surface area contributed by atoms with E-state index >= 15 is 0 Å². The summed E-state index contributed by atoms with van der Waals surface area (Å²) in [6, 6.07) is 12.5. The number of hydrogen-bond donors (Lipinski definition) is 2. The van der Waals surface area contributed by atoms with Crippen LogP contribution in [0.1, 0.15) is 36.6 Å². The number of fused-ring (bicyclic) bond motifs is 1. The maximum absolute atomic E-state index is 4.83. The summed E-state index contributed by atoms with van der Waals surface area (Å²) in [6.45, 7) is 3.93. The van der Waals surface area contributed by atoms with Gasteiger partial charge in [-0.3, -0.25) is 4.98 Å². The van der Waals surface area contributed by atoms with Gasteiger partial charge < -0.3 is 10.6 Å². The smallest absolute Gasteiger partial charge is 0.161 e. The van der Waals surface area contributed by atoms with Gasteiger partial charge in [-0.25, -0.2) is 9.97 Å². The maximum Gasteiger partial charge on any atom is 0.161 e. The topological polar surface area (TPSA) is 62.7 Å². The molecule has 0 amide bonds. The molecule has 5 heteroatoms. The molecule has 0 fully saturated rings. The van der Waals surface area contributed by atoms with Crippen LogP contribution in [0.5, 0.6) is 0 Å². The Hall–Kier alpha value is -2.95. The van der Waals surface area contributed by atoms with Crippen LogP contribution < -0.4 is 10.6 Å². The van der Waals surface area contributed by atoms with Crippen LogP contribution >= 0.6 is 0 Å². The lowest BCUT2D eigenvalue weighted by molar-refractivity contribution is 0.899. The number of anilines is 2. The van der Waals surface area contributed by atoms with Crippen LogP contribution in [0.25, 0.3) is 11.4 Å². The van der Waals surface area contributed by atoms with E-state index in [0.717, 1.165) is 56.0 Å². The molecule has 1 aliphatic carbocycles. The van der Waals surface area contributed by atoms with Gasteiger partial charge in [0.1, 0.15) is 5.82 Å². The Morgan fingerprint density at radius 1 is 0.926 bits per heavy atom. The Labute approximate surface area is 160 Å². The molecule has 5 nitrogen and oxygen atoms in total. The standard InChI is InChI=1S/C22H25N5/c1-2-12-24-18-8-6-16(7-9-18)15-25-22-19-4-3-5-20(19)26-21(27-22)17-10-13-23-14-11-17/h6-11,13-14,24H,2-5,12,15H2,1H3,(H,25,26,27). The maximum atomic E-state index is 4.83. The highest BCUT2D eigenvalue weighted by atomic mass is 15.0. The molecule has 2 heterocycles. The third-order valence-electron chi connectivity index (χ3n) is 4.86. The number of benzene rings is 1. The van der Waals surface area contributed by atoms with E-state index in [1.165, 1.54) is 22.5 Å². The van der Waals surface area contributed by atoms with Crippen molar-refractivity contribution in [3.63, 3.8) is 0 Å². The molecule has 3 aromatic rings. The molecule has 1 aromatic carbocycles. The minimum absolute atomic E-state index is 0.757. The minimum atomic E-state index is 0.757. The van der Waals surface area contributed by atoms with Crippen LogP contribution in [0.4, 0.5) is 11.5 Å². The van der Waals surface area contributed by atoms with Crippen molar-refractivity contribution in [2.45, 2.75) is 39.2 Å². The van der Waals surface area contributed by atoms with Crippen LogP contribution in [0.3, 0.4) is 0 Å². The van der Waals surface area contributed by atoms with Gasteiger partial charge in [0, 0.05) is 48.0 Å². The van der Waals surface area contributed by atoms with Crippen molar-refractivity contribution >= 4 is 11.5 Å². The molecule has 2 N–H and O–H groups in total. The van der Waals surface area contributed by atoms with E-state index in [4.69, 9.17) is 9.97 Å². The van der Waals surface area contributed by atoms with E-state index < -0.39 is 0 Å². The van der Waals surface area contributed by atoms with Gasteiger partial charge in [0.25, 0.3) is 0 Å². The van der Waals surface area contributed by atoms with E-state index in [1.807, 2.05) is 12.1 Å². The first-order valence-corrected chi connectivity index (χ1v) is 9.70. The van der Waals surface area contributed by atoms with Gasteiger partial charge >= 0.3 is 0 Å². The van der Waals surface area contributed by atoms with Gasteiger partial charge in [-0.15, -0.1) is 0 Å². The zero-order valence-electron chi connectivity index (χ0n) is 15.7. The first-order chi connectivity index (χ1) is 13.3. The monoisotopic (exact) mass is 359 g/mol. The number of pyridine rings is 1. The summed E-state index contributed by atoms with van der Waals surface area (Å²) in [6.07, 6.45) is 7.93. The van der Waals surface area contributed by atoms with E-state index in [9.17, 15) is 0 Å². The van der Waals surface area contributed by atoms with Gasteiger partial charge in [0.2, 0.25) is 0 Å². The molecule has 0 spiro atoms. The lowest BCUT2D eigenvalue weighted by Crippen LogP contribution is -2.07. The van der Waals surface area contributed by atoms with Crippen LogP contribution in [0.15, 0.2) is 48.8 Å². The number of nitrogens with one attached hydrogen (secondary N) is 2. The summed E-state index contributed by atoms with van der Waals surface area (Å²) in [5.41, 5.74) is 5.87. The molecule has 0 aliphatic heterocycles. The molecule has 0 unspecified atom stereocenters. The second kappa shape index (κ2) is 8.16. The molecule has 0 bridgehead atoms. The van der Waals surface area contributed by atoms with Crippen molar-refractivity contribution in [2.75, 3.05) is 17.2 Å². The first-order valence-electron chi connectivity index (χ1n) is 9.70. The lowest BCUT2D eigenvalue weighted by Gasteiger charge is -2.13. The number of nitrogens with zero attached hydrogens (tertiary/aromatic N) is 3. The SMILES string of the molecule is CCCNc1ccc(CNc2nc(-c3ccncc3)nc3c2CCC3)cc1. The van der Waals surface area contributed by atoms with Gasteiger partial charge in [0.05, 0.1) is 0 Å². The van der Waals surface area contributed by atoms with Crippen molar-refractivity contribution in [3.05, 3.63) is 65.6 Å². The predicted octanol–water partition coefficient (Wildman–Crippen LogP) is 4.46. The molecule has 27 heavy (non-hydrogen) atoms.